The molecule has 2 aliphatic rings. The molecule has 1 aromatic heterocycles. The summed E-state index contributed by atoms with van der Waals surface area (Å²) in [6.45, 7) is 2.25. The highest BCUT2D eigenvalue weighted by Crippen LogP contribution is 2.45. The predicted octanol–water partition coefficient (Wildman–Crippen LogP) is 2.92. The number of nitrogens with one attached hydrogen (secondary N) is 1. The number of aromatic nitrogens is 1. The van der Waals surface area contributed by atoms with Gasteiger partial charge in [-0.1, -0.05) is 12.5 Å². The summed E-state index contributed by atoms with van der Waals surface area (Å²) >= 11 is 0. The first-order valence-corrected chi connectivity index (χ1v) is 6.49. The van der Waals surface area contributed by atoms with E-state index in [2.05, 4.69) is 23.3 Å². The summed E-state index contributed by atoms with van der Waals surface area (Å²) in [6.07, 6.45) is 9.61. The molecule has 2 bridgehead atoms. The van der Waals surface area contributed by atoms with Gasteiger partial charge in [-0.2, -0.15) is 0 Å². The van der Waals surface area contributed by atoms with Crippen LogP contribution in [0.15, 0.2) is 24.5 Å². The standard InChI is InChI=1S/C14H20N2/c1-10(13-3-2-6-15-9-13)16-14-8-11-4-5-12(14)7-11/h2-3,6,9-12,14,16H,4-5,7-8H2,1H3/t10-,11?,12?,14?/m0/s1. The van der Waals surface area contributed by atoms with E-state index < -0.39 is 0 Å². The minimum atomic E-state index is 0.443. The Morgan fingerprint density at radius 2 is 2.31 bits per heavy atom. The molecule has 1 N–H and O–H groups in total. The van der Waals surface area contributed by atoms with Crippen molar-refractivity contribution in [1.82, 2.24) is 10.3 Å². The second-order valence-corrected chi connectivity index (χ2v) is 5.46. The minimum Gasteiger partial charge on any atom is -0.307 e. The van der Waals surface area contributed by atoms with E-state index in [0.717, 1.165) is 17.9 Å². The van der Waals surface area contributed by atoms with Crippen LogP contribution < -0.4 is 5.32 Å². The maximum absolute atomic E-state index is 4.19. The van der Waals surface area contributed by atoms with Crippen molar-refractivity contribution < 1.29 is 0 Å². The maximum atomic E-state index is 4.19. The predicted molar refractivity (Wildman–Crippen MR) is 65.0 cm³/mol. The molecular formula is C14H20N2. The summed E-state index contributed by atoms with van der Waals surface area (Å²) < 4.78 is 0. The van der Waals surface area contributed by atoms with Gasteiger partial charge in [0.25, 0.3) is 0 Å². The topological polar surface area (TPSA) is 24.9 Å². The zero-order valence-corrected chi connectivity index (χ0v) is 9.89. The molecule has 86 valence electrons. The molecular weight excluding hydrogens is 196 g/mol. The number of hydrogen-bond acceptors (Lipinski definition) is 2. The van der Waals surface area contributed by atoms with Crippen molar-refractivity contribution in [2.75, 3.05) is 0 Å². The van der Waals surface area contributed by atoms with Crippen LogP contribution in [0.4, 0.5) is 0 Å². The Labute approximate surface area is 97.5 Å². The van der Waals surface area contributed by atoms with E-state index >= 15 is 0 Å². The average Bonchev–Trinajstić information content (AvgIpc) is 2.92. The van der Waals surface area contributed by atoms with Gasteiger partial charge in [0.1, 0.15) is 0 Å². The zero-order valence-electron chi connectivity index (χ0n) is 9.89. The normalized spacial score (nSPS) is 34.2. The Hall–Kier alpha value is -0.890. The summed E-state index contributed by atoms with van der Waals surface area (Å²) in [5, 5.41) is 3.79. The summed E-state index contributed by atoms with van der Waals surface area (Å²) in [5.74, 6) is 1.97. The largest absolute Gasteiger partial charge is 0.307 e. The van der Waals surface area contributed by atoms with Crippen LogP contribution >= 0.6 is 0 Å². The lowest BCUT2D eigenvalue weighted by molar-refractivity contribution is 0.327. The molecule has 2 nitrogen and oxygen atoms in total. The Kier molecular flexibility index (Phi) is 2.68. The molecule has 3 unspecified atom stereocenters. The lowest BCUT2D eigenvalue weighted by Crippen LogP contribution is -2.35. The molecule has 0 amide bonds. The van der Waals surface area contributed by atoms with Crippen LogP contribution in [-0.4, -0.2) is 11.0 Å². The van der Waals surface area contributed by atoms with Gasteiger partial charge in [-0.3, -0.25) is 4.98 Å². The van der Waals surface area contributed by atoms with Crippen molar-refractivity contribution >= 4 is 0 Å². The SMILES string of the molecule is C[C@H](NC1CC2CCC1C2)c1cccnc1. The van der Waals surface area contributed by atoms with E-state index in [-0.39, 0.29) is 0 Å². The fourth-order valence-electron chi connectivity index (χ4n) is 3.50. The van der Waals surface area contributed by atoms with Crippen molar-refractivity contribution in [3.8, 4) is 0 Å². The van der Waals surface area contributed by atoms with Gasteiger partial charge in [0.05, 0.1) is 0 Å². The molecule has 2 heteroatoms. The fraction of sp³-hybridized carbons (Fsp3) is 0.643. The first kappa shape index (κ1) is 10.3. The van der Waals surface area contributed by atoms with E-state index in [1.807, 2.05) is 18.5 Å². The van der Waals surface area contributed by atoms with Gasteiger partial charge in [0.15, 0.2) is 0 Å². The molecule has 0 saturated heterocycles. The van der Waals surface area contributed by atoms with E-state index in [1.165, 1.54) is 31.2 Å². The lowest BCUT2D eigenvalue weighted by Gasteiger charge is -2.26. The Bertz CT molecular complexity index is 349. The van der Waals surface area contributed by atoms with E-state index in [0.29, 0.717) is 6.04 Å². The zero-order chi connectivity index (χ0) is 11.0. The van der Waals surface area contributed by atoms with E-state index in [4.69, 9.17) is 0 Å². The third-order valence-electron chi connectivity index (χ3n) is 4.39. The highest BCUT2D eigenvalue weighted by atomic mass is 15.0. The third-order valence-corrected chi connectivity index (χ3v) is 4.39. The van der Waals surface area contributed by atoms with Gasteiger partial charge >= 0.3 is 0 Å². The van der Waals surface area contributed by atoms with Crippen LogP contribution in [0.5, 0.6) is 0 Å². The second kappa shape index (κ2) is 4.17. The average molecular weight is 216 g/mol. The maximum Gasteiger partial charge on any atom is 0.0315 e. The molecule has 2 aliphatic carbocycles. The van der Waals surface area contributed by atoms with Gasteiger partial charge in [-0.25, -0.2) is 0 Å². The Morgan fingerprint density at radius 3 is 2.94 bits per heavy atom. The highest BCUT2D eigenvalue weighted by Gasteiger charge is 2.39. The number of fused-ring (bicyclic) bond motifs is 2. The molecule has 0 radical (unpaired) electrons. The van der Waals surface area contributed by atoms with Gasteiger partial charge in [-0.05, 0) is 49.7 Å². The van der Waals surface area contributed by atoms with Gasteiger partial charge in [0, 0.05) is 24.5 Å². The van der Waals surface area contributed by atoms with Crippen molar-refractivity contribution in [2.45, 2.75) is 44.7 Å². The number of pyridine rings is 1. The quantitative estimate of drug-likeness (QED) is 0.840. The van der Waals surface area contributed by atoms with Crippen LogP contribution in [0.1, 0.15) is 44.2 Å². The van der Waals surface area contributed by atoms with Crippen LogP contribution in [0.25, 0.3) is 0 Å². The van der Waals surface area contributed by atoms with Crippen LogP contribution in [0.2, 0.25) is 0 Å². The van der Waals surface area contributed by atoms with Gasteiger partial charge in [-0.15, -0.1) is 0 Å². The summed E-state index contributed by atoms with van der Waals surface area (Å²) in [6, 6.07) is 5.39. The van der Waals surface area contributed by atoms with Crippen molar-refractivity contribution in [1.29, 1.82) is 0 Å². The molecule has 1 heterocycles. The third kappa shape index (κ3) is 1.86. The first-order chi connectivity index (χ1) is 7.83. The van der Waals surface area contributed by atoms with E-state index in [9.17, 15) is 0 Å². The smallest absolute Gasteiger partial charge is 0.0315 e. The molecule has 1 aromatic rings. The number of hydrogen-bond donors (Lipinski definition) is 1. The molecule has 0 aliphatic heterocycles. The molecule has 3 rings (SSSR count). The van der Waals surface area contributed by atoms with Crippen molar-refractivity contribution in [3.63, 3.8) is 0 Å². The second-order valence-electron chi connectivity index (χ2n) is 5.46. The van der Waals surface area contributed by atoms with Crippen LogP contribution in [0, 0.1) is 11.8 Å². The van der Waals surface area contributed by atoms with Crippen molar-refractivity contribution in [3.05, 3.63) is 30.1 Å². The van der Waals surface area contributed by atoms with Crippen molar-refractivity contribution in [2.24, 2.45) is 11.8 Å². The molecule has 2 fully saturated rings. The fourth-order valence-corrected chi connectivity index (χ4v) is 3.50. The minimum absolute atomic E-state index is 0.443. The summed E-state index contributed by atoms with van der Waals surface area (Å²) in [5.41, 5.74) is 1.31. The van der Waals surface area contributed by atoms with Crippen LogP contribution in [0.3, 0.4) is 0 Å². The molecule has 0 spiro atoms. The molecule has 4 atom stereocenters. The molecule has 2 saturated carbocycles. The molecule has 16 heavy (non-hydrogen) atoms. The summed E-state index contributed by atoms with van der Waals surface area (Å²) in [7, 11) is 0. The number of rotatable bonds is 3. The summed E-state index contributed by atoms with van der Waals surface area (Å²) in [4.78, 5) is 4.19. The molecule has 0 aromatic carbocycles. The monoisotopic (exact) mass is 216 g/mol. The lowest BCUT2D eigenvalue weighted by atomic mass is 9.94. The highest BCUT2D eigenvalue weighted by molar-refractivity contribution is 5.13. The van der Waals surface area contributed by atoms with Crippen LogP contribution in [-0.2, 0) is 0 Å². The van der Waals surface area contributed by atoms with Gasteiger partial charge < -0.3 is 5.32 Å². The number of nitrogens with zero attached hydrogens (tertiary/aromatic N) is 1. The Balaban J connectivity index is 1.63. The first-order valence-electron chi connectivity index (χ1n) is 6.49. The Morgan fingerprint density at radius 1 is 1.38 bits per heavy atom. The van der Waals surface area contributed by atoms with E-state index in [1.54, 1.807) is 0 Å². The van der Waals surface area contributed by atoms with Gasteiger partial charge in [0.2, 0.25) is 0 Å².